The van der Waals surface area contributed by atoms with Crippen LogP contribution in [-0.4, -0.2) is 0 Å². The van der Waals surface area contributed by atoms with Crippen molar-refractivity contribution in [3.63, 3.8) is 0 Å². The Labute approximate surface area is 274 Å². The van der Waals surface area contributed by atoms with Gasteiger partial charge in [-0.05, 0) is 103 Å². The standard InChI is InChI=1S/C46H32O/c1-2-11-32-28-33(25-22-29(32)10-1)30-20-23-31(24-21-30)44-35-13-3-5-15-37(35)45(38-16-6-4-14-36(38)44)41-27-26-40-34-12-7-8-18-42(34)47-43-19-9-17-39(41)46(40)43/h1-20,22-23,25-27,32H,21,24,28H2. The molecule has 47 heavy (non-hydrogen) atoms. The Balaban J connectivity index is 1.16. The van der Waals surface area contributed by atoms with Crippen molar-refractivity contribution in [2.24, 2.45) is 5.92 Å². The van der Waals surface area contributed by atoms with E-state index < -0.39 is 0 Å². The van der Waals surface area contributed by atoms with Gasteiger partial charge in [0.2, 0.25) is 0 Å². The van der Waals surface area contributed by atoms with Crippen molar-refractivity contribution in [1.29, 1.82) is 0 Å². The molecule has 6 aromatic carbocycles. The maximum Gasteiger partial charge on any atom is 0.135 e. The molecule has 10 rings (SSSR count). The van der Waals surface area contributed by atoms with Gasteiger partial charge in [-0.15, -0.1) is 0 Å². The molecule has 222 valence electrons. The van der Waals surface area contributed by atoms with E-state index in [1.807, 2.05) is 6.07 Å². The quantitative estimate of drug-likeness (QED) is 0.183. The lowest BCUT2D eigenvalue weighted by Crippen LogP contribution is -2.09. The molecule has 0 fully saturated rings. The fourth-order valence-electron chi connectivity index (χ4n) is 8.38. The van der Waals surface area contributed by atoms with Crippen LogP contribution in [0.25, 0.3) is 60.1 Å². The first kappa shape index (κ1) is 26.5. The molecule has 1 heterocycles. The summed E-state index contributed by atoms with van der Waals surface area (Å²) in [7, 11) is 0. The summed E-state index contributed by atoms with van der Waals surface area (Å²) in [5.41, 5.74) is 12.1. The van der Waals surface area contributed by atoms with Crippen LogP contribution in [0, 0.1) is 5.92 Å². The Morgan fingerprint density at radius 1 is 0.468 bits per heavy atom. The summed E-state index contributed by atoms with van der Waals surface area (Å²) in [5, 5.41) is 7.62. The van der Waals surface area contributed by atoms with Crippen LogP contribution >= 0.6 is 0 Å². The Hall–Kier alpha value is -5.66. The highest BCUT2D eigenvalue weighted by Gasteiger charge is 2.25. The van der Waals surface area contributed by atoms with E-state index in [9.17, 15) is 0 Å². The minimum Gasteiger partial charge on any atom is -0.456 e. The fraction of sp³-hybridized carbons (Fsp3) is 0.0870. The number of para-hydroxylation sites is 1. The molecule has 3 aliphatic carbocycles. The summed E-state index contributed by atoms with van der Waals surface area (Å²) in [4.78, 5) is 0. The smallest absolute Gasteiger partial charge is 0.135 e. The molecular weight excluding hydrogens is 569 g/mol. The van der Waals surface area contributed by atoms with Crippen molar-refractivity contribution < 1.29 is 4.74 Å². The number of allylic oxidation sites excluding steroid dienone is 12. The highest BCUT2D eigenvalue weighted by molar-refractivity contribution is 6.23. The molecule has 1 atom stereocenters. The van der Waals surface area contributed by atoms with Crippen LogP contribution in [-0.2, 0) is 0 Å². The van der Waals surface area contributed by atoms with Crippen LogP contribution in [0.4, 0.5) is 0 Å². The van der Waals surface area contributed by atoms with E-state index in [2.05, 4.69) is 146 Å². The van der Waals surface area contributed by atoms with Gasteiger partial charge in [0.25, 0.3) is 0 Å². The van der Waals surface area contributed by atoms with Crippen LogP contribution < -0.4 is 4.74 Å². The van der Waals surface area contributed by atoms with Crippen molar-refractivity contribution in [3.05, 3.63) is 174 Å². The molecule has 1 nitrogen and oxygen atoms in total. The Bertz CT molecular complexity index is 2450. The molecule has 0 aromatic heterocycles. The van der Waals surface area contributed by atoms with Crippen LogP contribution in [0.15, 0.2) is 168 Å². The average molecular weight is 601 g/mol. The average Bonchev–Trinajstić information content (AvgIpc) is 3.14. The molecule has 0 amide bonds. The minimum atomic E-state index is 0.503. The predicted molar refractivity (Wildman–Crippen MR) is 198 cm³/mol. The van der Waals surface area contributed by atoms with Crippen LogP contribution in [0.2, 0.25) is 0 Å². The van der Waals surface area contributed by atoms with E-state index in [0.717, 1.165) is 36.3 Å². The van der Waals surface area contributed by atoms with Gasteiger partial charge >= 0.3 is 0 Å². The zero-order valence-corrected chi connectivity index (χ0v) is 26.0. The van der Waals surface area contributed by atoms with E-state index in [4.69, 9.17) is 4.74 Å². The van der Waals surface area contributed by atoms with E-state index in [-0.39, 0.29) is 0 Å². The van der Waals surface area contributed by atoms with Crippen molar-refractivity contribution in [2.75, 3.05) is 0 Å². The first-order valence-corrected chi connectivity index (χ1v) is 16.7. The molecule has 0 N–H and O–H groups in total. The van der Waals surface area contributed by atoms with E-state index in [1.54, 1.807) is 0 Å². The SMILES string of the molecule is C1=CC2=CC=C(C3=CC=C(c4c5ccccc5c(-c5ccc6c7c(cccc57)Oc5ccccc5-6)c5ccccc45)CC3)CC2C=C1. The number of hydrogen-bond acceptors (Lipinski definition) is 1. The zero-order chi connectivity index (χ0) is 30.9. The highest BCUT2D eigenvalue weighted by atomic mass is 16.5. The van der Waals surface area contributed by atoms with Crippen molar-refractivity contribution in [1.82, 2.24) is 0 Å². The van der Waals surface area contributed by atoms with Gasteiger partial charge < -0.3 is 4.74 Å². The summed E-state index contributed by atoms with van der Waals surface area (Å²) in [6.45, 7) is 0. The number of ether oxygens (including phenoxy) is 1. The third kappa shape index (κ3) is 4.09. The number of rotatable bonds is 3. The van der Waals surface area contributed by atoms with Crippen molar-refractivity contribution in [2.45, 2.75) is 19.3 Å². The van der Waals surface area contributed by atoms with E-state index in [0.29, 0.717) is 5.92 Å². The molecule has 0 bridgehead atoms. The zero-order valence-electron chi connectivity index (χ0n) is 26.0. The Morgan fingerprint density at radius 2 is 1.11 bits per heavy atom. The van der Waals surface area contributed by atoms with Gasteiger partial charge in [-0.1, -0.05) is 140 Å². The summed E-state index contributed by atoms with van der Waals surface area (Å²) in [5.74, 6) is 2.35. The summed E-state index contributed by atoms with van der Waals surface area (Å²) < 4.78 is 6.47. The van der Waals surface area contributed by atoms with Gasteiger partial charge in [0, 0.05) is 16.9 Å². The summed E-state index contributed by atoms with van der Waals surface area (Å²) in [6, 6.07) is 37.5. The van der Waals surface area contributed by atoms with E-state index >= 15 is 0 Å². The van der Waals surface area contributed by atoms with Crippen molar-refractivity contribution >= 4 is 37.9 Å². The first-order chi connectivity index (χ1) is 23.3. The van der Waals surface area contributed by atoms with E-state index in [1.165, 1.54) is 76.9 Å². The van der Waals surface area contributed by atoms with Crippen LogP contribution in [0.5, 0.6) is 11.5 Å². The molecule has 0 saturated carbocycles. The van der Waals surface area contributed by atoms with Gasteiger partial charge in [0.1, 0.15) is 11.5 Å². The lowest BCUT2D eigenvalue weighted by molar-refractivity contribution is 0.487. The number of hydrogen-bond donors (Lipinski definition) is 0. The van der Waals surface area contributed by atoms with Gasteiger partial charge in [0.15, 0.2) is 0 Å². The third-order valence-electron chi connectivity index (χ3n) is 10.6. The minimum absolute atomic E-state index is 0.503. The maximum atomic E-state index is 6.47. The van der Waals surface area contributed by atoms with Crippen LogP contribution in [0.1, 0.15) is 24.8 Å². The molecule has 0 spiro atoms. The second-order valence-electron chi connectivity index (χ2n) is 13.1. The van der Waals surface area contributed by atoms with Crippen LogP contribution in [0.3, 0.4) is 0 Å². The summed E-state index contributed by atoms with van der Waals surface area (Å²) in [6.07, 6.45) is 21.6. The molecule has 1 aliphatic heterocycles. The molecule has 0 radical (unpaired) electrons. The molecule has 4 aliphatic rings. The Kier molecular flexibility index (Phi) is 5.90. The monoisotopic (exact) mass is 600 g/mol. The molecule has 0 saturated heterocycles. The van der Waals surface area contributed by atoms with Gasteiger partial charge in [-0.3, -0.25) is 0 Å². The first-order valence-electron chi connectivity index (χ1n) is 16.7. The molecule has 1 heteroatoms. The fourth-order valence-corrected chi connectivity index (χ4v) is 8.38. The predicted octanol–water partition coefficient (Wildman–Crippen LogP) is 12.7. The molecular formula is C46H32O. The van der Waals surface area contributed by atoms with Gasteiger partial charge in [-0.2, -0.15) is 0 Å². The lowest BCUT2D eigenvalue weighted by atomic mass is 9.78. The molecule has 1 unspecified atom stereocenters. The number of benzene rings is 6. The summed E-state index contributed by atoms with van der Waals surface area (Å²) >= 11 is 0. The lowest BCUT2D eigenvalue weighted by Gasteiger charge is -2.26. The normalized spacial score (nSPS) is 17.8. The Morgan fingerprint density at radius 3 is 1.89 bits per heavy atom. The third-order valence-corrected chi connectivity index (χ3v) is 10.6. The highest BCUT2D eigenvalue weighted by Crippen LogP contribution is 2.51. The maximum absolute atomic E-state index is 6.47. The largest absolute Gasteiger partial charge is 0.456 e. The topological polar surface area (TPSA) is 9.23 Å². The molecule has 6 aromatic rings. The number of fused-ring (bicyclic) bond motifs is 5. The second-order valence-corrected chi connectivity index (χ2v) is 13.1. The van der Waals surface area contributed by atoms with Gasteiger partial charge in [0.05, 0.1) is 0 Å². The second kappa shape index (κ2) is 10.4. The van der Waals surface area contributed by atoms with Gasteiger partial charge in [-0.25, -0.2) is 0 Å². The van der Waals surface area contributed by atoms with Crippen molar-refractivity contribution in [3.8, 4) is 33.8 Å².